The van der Waals surface area contributed by atoms with Crippen molar-refractivity contribution >= 4 is 17.2 Å². The van der Waals surface area contributed by atoms with E-state index in [1.165, 1.54) is 38.4 Å². The maximum absolute atomic E-state index is 13.9. The van der Waals surface area contributed by atoms with Crippen LogP contribution < -0.4 is 4.74 Å². The normalized spacial score (nSPS) is 16.7. The number of rotatable bonds is 8. The molecule has 4 rings (SSSR count). The third-order valence-corrected chi connectivity index (χ3v) is 5.96. The molecule has 2 aromatic rings. The number of fused-ring (bicyclic) bond motifs is 1. The highest BCUT2D eigenvalue weighted by Gasteiger charge is 2.21. The molecule has 0 unspecified atom stereocenters. The van der Waals surface area contributed by atoms with Crippen molar-refractivity contribution in [1.29, 1.82) is 0 Å². The van der Waals surface area contributed by atoms with E-state index in [0.717, 1.165) is 19.0 Å². The second-order valence-corrected chi connectivity index (χ2v) is 8.27. The summed E-state index contributed by atoms with van der Waals surface area (Å²) in [4.78, 5) is 19.6. The fourth-order valence-corrected chi connectivity index (χ4v) is 4.25. The Morgan fingerprint density at radius 2 is 1.87 bits per heavy atom. The summed E-state index contributed by atoms with van der Waals surface area (Å²) in [6.45, 7) is 4.02. The number of piperidine rings is 1. The molecule has 2 heterocycles. The van der Waals surface area contributed by atoms with E-state index in [4.69, 9.17) is 4.74 Å². The van der Waals surface area contributed by atoms with Crippen LogP contribution in [0.25, 0.3) is 0 Å². The summed E-state index contributed by atoms with van der Waals surface area (Å²) >= 11 is 0. The van der Waals surface area contributed by atoms with Crippen molar-refractivity contribution in [3.05, 3.63) is 59.2 Å². The monoisotopic (exact) mass is 426 g/mol. The summed E-state index contributed by atoms with van der Waals surface area (Å²) in [5.41, 5.74) is 2.16. The third-order valence-electron chi connectivity index (χ3n) is 5.96. The van der Waals surface area contributed by atoms with Crippen LogP contribution in [0, 0.1) is 11.6 Å². The van der Waals surface area contributed by atoms with Crippen molar-refractivity contribution in [3.63, 3.8) is 0 Å². The summed E-state index contributed by atoms with van der Waals surface area (Å²) in [6, 6.07) is 9.55. The zero-order valence-electron chi connectivity index (χ0n) is 17.7. The van der Waals surface area contributed by atoms with E-state index in [2.05, 4.69) is 9.89 Å². The molecule has 164 valence electrons. The second-order valence-electron chi connectivity index (χ2n) is 8.27. The number of benzene rings is 2. The number of carbonyl (C=O) groups excluding carboxylic acids is 1. The molecule has 1 fully saturated rings. The molecular formula is C25H28F2N2O2. The molecule has 0 bridgehead atoms. The Morgan fingerprint density at radius 3 is 2.71 bits per heavy atom. The van der Waals surface area contributed by atoms with Gasteiger partial charge in [0.1, 0.15) is 5.75 Å². The van der Waals surface area contributed by atoms with Crippen molar-refractivity contribution in [1.82, 2.24) is 4.90 Å². The molecule has 0 aromatic heterocycles. The first kappa shape index (κ1) is 21.6. The Labute approximate surface area is 181 Å². The Bertz CT molecular complexity index is 968. The first-order valence-electron chi connectivity index (χ1n) is 11.1. The number of hydrogen-bond acceptors (Lipinski definition) is 4. The van der Waals surface area contributed by atoms with Crippen LogP contribution in [0.5, 0.6) is 5.75 Å². The number of hydrogen-bond donors (Lipinski definition) is 0. The highest BCUT2D eigenvalue weighted by molar-refractivity contribution is 6.15. The molecular weight excluding hydrogens is 398 g/mol. The lowest BCUT2D eigenvalue weighted by molar-refractivity contribution is 0.0999. The van der Waals surface area contributed by atoms with Gasteiger partial charge >= 0.3 is 0 Å². The minimum absolute atomic E-state index is 0.00337. The van der Waals surface area contributed by atoms with Crippen LogP contribution in [0.1, 0.15) is 54.4 Å². The summed E-state index contributed by atoms with van der Waals surface area (Å²) in [6.07, 6.45) is 5.78. The standard InChI is InChI=1S/C25H28F2N2O2/c26-22-7-4-6-18(25(22)27)8-9-19-16-24(30)21-11-10-20(17-23(21)28-19)31-15-5-14-29-12-2-1-3-13-29/h4,6-7,10-11,17H,1-3,5,8-9,12-16H2. The van der Waals surface area contributed by atoms with E-state index >= 15 is 0 Å². The number of halogens is 2. The van der Waals surface area contributed by atoms with E-state index in [-0.39, 0.29) is 12.2 Å². The fraction of sp³-hybridized carbons (Fsp3) is 0.440. The van der Waals surface area contributed by atoms with Crippen molar-refractivity contribution in [2.45, 2.75) is 44.9 Å². The lowest BCUT2D eigenvalue weighted by Gasteiger charge is -2.26. The zero-order chi connectivity index (χ0) is 21.6. The van der Waals surface area contributed by atoms with Gasteiger partial charge in [-0.1, -0.05) is 18.6 Å². The Balaban J connectivity index is 1.35. The van der Waals surface area contributed by atoms with Gasteiger partial charge in [0, 0.05) is 30.3 Å². The van der Waals surface area contributed by atoms with E-state index in [1.54, 1.807) is 18.2 Å². The fourth-order valence-electron chi connectivity index (χ4n) is 4.25. The minimum Gasteiger partial charge on any atom is -0.493 e. The summed E-state index contributed by atoms with van der Waals surface area (Å²) in [7, 11) is 0. The minimum atomic E-state index is -0.855. The molecule has 0 saturated carbocycles. The molecule has 2 aliphatic heterocycles. The molecule has 2 aliphatic rings. The molecule has 0 spiro atoms. The van der Waals surface area contributed by atoms with Crippen LogP contribution in [-0.2, 0) is 6.42 Å². The highest BCUT2D eigenvalue weighted by Crippen LogP contribution is 2.31. The summed E-state index contributed by atoms with van der Waals surface area (Å²) in [5, 5.41) is 0. The molecule has 2 aromatic carbocycles. The van der Waals surface area contributed by atoms with Gasteiger partial charge in [-0.3, -0.25) is 9.79 Å². The number of Topliss-reactive ketones (excluding diaryl/α,β-unsaturated/α-hetero) is 1. The summed E-state index contributed by atoms with van der Waals surface area (Å²) < 4.78 is 33.2. The predicted molar refractivity (Wildman–Crippen MR) is 118 cm³/mol. The van der Waals surface area contributed by atoms with Gasteiger partial charge in [0.2, 0.25) is 0 Å². The first-order chi connectivity index (χ1) is 15.1. The lowest BCUT2D eigenvalue weighted by atomic mass is 9.96. The molecule has 31 heavy (non-hydrogen) atoms. The number of ether oxygens (including phenoxy) is 1. The maximum Gasteiger partial charge on any atom is 0.170 e. The van der Waals surface area contributed by atoms with Gasteiger partial charge in [-0.15, -0.1) is 0 Å². The average molecular weight is 427 g/mol. The van der Waals surface area contributed by atoms with Gasteiger partial charge in [0.25, 0.3) is 0 Å². The van der Waals surface area contributed by atoms with Crippen molar-refractivity contribution in [2.24, 2.45) is 4.99 Å². The zero-order valence-corrected chi connectivity index (χ0v) is 17.7. The van der Waals surface area contributed by atoms with Crippen LogP contribution in [0.15, 0.2) is 41.4 Å². The van der Waals surface area contributed by atoms with E-state index < -0.39 is 11.6 Å². The van der Waals surface area contributed by atoms with E-state index in [9.17, 15) is 13.6 Å². The lowest BCUT2D eigenvalue weighted by Crippen LogP contribution is -2.31. The molecule has 4 nitrogen and oxygen atoms in total. The smallest absolute Gasteiger partial charge is 0.170 e. The van der Waals surface area contributed by atoms with Crippen LogP contribution in [0.2, 0.25) is 0 Å². The largest absolute Gasteiger partial charge is 0.493 e. The van der Waals surface area contributed by atoms with Crippen molar-refractivity contribution in [2.75, 3.05) is 26.2 Å². The van der Waals surface area contributed by atoms with Gasteiger partial charge in [-0.05, 0) is 69.0 Å². The van der Waals surface area contributed by atoms with Crippen LogP contribution >= 0.6 is 0 Å². The highest BCUT2D eigenvalue weighted by atomic mass is 19.2. The Kier molecular flexibility index (Phi) is 7.07. The van der Waals surface area contributed by atoms with Crippen LogP contribution in [-0.4, -0.2) is 42.6 Å². The van der Waals surface area contributed by atoms with Crippen molar-refractivity contribution in [3.8, 4) is 5.75 Å². The van der Waals surface area contributed by atoms with E-state index in [0.29, 0.717) is 47.7 Å². The van der Waals surface area contributed by atoms with Gasteiger partial charge < -0.3 is 9.64 Å². The molecule has 0 radical (unpaired) electrons. The SMILES string of the molecule is O=C1CC(CCc2cccc(F)c2F)=Nc2cc(OCCCN3CCCCC3)ccc21. The van der Waals surface area contributed by atoms with Crippen LogP contribution in [0.4, 0.5) is 14.5 Å². The number of aryl methyl sites for hydroxylation is 1. The predicted octanol–water partition coefficient (Wildman–Crippen LogP) is 5.51. The molecule has 0 atom stereocenters. The van der Waals surface area contributed by atoms with Crippen molar-refractivity contribution < 1.29 is 18.3 Å². The topological polar surface area (TPSA) is 41.9 Å². The van der Waals surface area contributed by atoms with Crippen LogP contribution in [0.3, 0.4) is 0 Å². The molecule has 0 N–H and O–H groups in total. The summed E-state index contributed by atoms with van der Waals surface area (Å²) in [5.74, 6) is -0.986. The van der Waals surface area contributed by atoms with Gasteiger partial charge in [0.15, 0.2) is 17.4 Å². The average Bonchev–Trinajstić information content (AvgIpc) is 2.78. The quantitative estimate of drug-likeness (QED) is 0.523. The second kappa shape index (κ2) is 10.1. The number of ketones is 1. The number of carbonyl (C=O) groups is 1. The molecule has 0 amide bonds. The molecule has 6 heteroatoms. The van der Waals surface area contributed by atoms with Gasteiger partial charge in [-0.2, -0.15) is 0 Å². The maximum atomic E-state index is 13.9. The van der Waals surface area contributed by atoms with Gasteiger partial charge in [-0.25, -0.2) is 8.78 Å². The molecule has 1 saturated heterocycles. The first-order valence-corrected chi connectivity index (χ1v) is 11.1. The number of aliphatic imine (C=N–C) groups is 1. The third kappa shape index (κ3) is 5.56. The Morgan fingerprint density at radius 1 is 1.03 bits per heavy atom. The van der Waals surface area contributed by atoms with Gasteiger partial charge in [0.05, 0.1) is 12.3 Å². The number of nitrogens with zero attached hydrogens (tertiary/aromatic N) is 2. The number of likely N-dealkylation sites (tertiary alicyclic amines) is 1. The molecule has 0 aliphatic carbocycles. The van der Waals surface area contributed by atoms with E-state index in [1.807, 2.05) is 6.07 Å². The Hall–Kier alpha value is -2.60.